The fourth-order valence-corrected chi connectivity index (χ4v) is 1.51. The quantitative estimate of drug-likeness (QED) is 0.739. The Morgan fingerprint density at radius 2 is 2.21 bits per heavy atom. The molecule has 1 aliphatic rings. The van der Waals surface area contributed by atoms with E-state index in [1.807, 2.05) is 0 Å². The van der Waals surface area contributed by atoms with E-state index in [4.69, 9.17) is 0 Å². The van der Waals surface area contributed by atoms with E-state index in [2.05, 4.69) is 5.32 Å². The van der Waals surface area contributed by atoms with Crippen molar-refractivity contribution in [1.29, 1.82) is 0 Å². The van der Waals surface area contributed by atoms with Crippen LogP contribution in [0.5, 0.6) is 0 Å². The predicted octanol–water partition coefficient (Wildman–Crippen LogP) is 1.74. The Labute approximate surface area is 80.3 Å². The van der Waals surface area contributed by atoms with E-state index in [0.29, 0.717) is 19.5 Å². The third-order valence-electron chi connectivity index (χ3n) is 2.17. The van der Waals surface area contributed by atoms with Crippen LogP contribution in [0.1, 0.15) is 19.8 Å². The standard InChI is InChI=1S/C8H13F3N2O/c1-6(5-8(9,10)11)13-4-2-3-12-7(13)14/h6H,2-5H2,1H3,(H,12,14). The van der Waals surface area contributed by atoms with Crippen molar-refractivity contribution in [2.24, 2.45) is 0 Å². The lowest BCUT2D eigenvalue weighted by atomic mass is 10.2. The minimum Gasteiger partial charge on any atom is -0.338 e. The second-order valence-corrected chi connectivity index (χ2v) is 3.45. The lowest BCUT2D eigenvalue weighted by Gasteiger charge is -2.33. The SMILES string of the molecule is CC(CC(F)(F)F)N1CCCNC1=O. The highest BCUT2D eigenvalue weighted by molar-refractivity contribution is 5.75. The molecule has 0 saturated carbocycles. The number of carbonyl (C=O) groups is 1. The predicted molar refractivity (Wildman–Crippen MR) is 44.9 cm³/mol. The summed E-state index contributed by atoms with van der Waals surface area (Å²) < 4.78 is 36.1. The van der Waals surface area contributed by atoms with E-state index < -0.39 is 24.7 Å². The topological polar surface area (TPSA) is 32.3 Å². The van der Waals surface area contributed by atoms with Gasteiger partial charge in [-0.2, -0.15) is 13.2 Å². The first-order valence-corrected chi connectivity index (χ1v) is 4.51. The first-order chi connectivity index (χ1) is 6.40. The van der Waals surface area contributed by atoms with Gasteiger partial charge in [0.05, 0.1) is 6.42 Å². The van der Waals surface area contributed by atoms with Crippen LogP contribution in [0.3, 0.4) is 0 Å². The summed E-state index contributed by atoms with van der Waals surface area (Å²) >= 11 is 0. The summed E-state index contributed by atoms with van der Waals surface area (Å²) in [6.45, 7) is 2.37. The number of nitrogens with one attached hydrogen (secondary N) is 1. The molecule has 0 aliphatic carbocycles. The van der Waals surface area contributed by atoms with Crippen molar-refractivity contribution >= 4 is 6.03 Å². The van der Waals surface area contributed by atoms with Crippen molar-refractivity contribution in [3.8, 4) is 0 Å². The Bertz CT molecular complexity index is 217. The summed E-state index contributed by atoms with van der Waals surface area (Å²) in [7, 11) is 0. The van der Waals surface area contributed by atoms with Crippen LogP contribution in [-0.4, -0.2) is 36.2 Å². The second-order valence-electron chi connectivity index (χ2n) is 3.45. The average Bonchev–Trinajstić information content (AvgIpc) is 2.01. The summed E-state index contributed by atoms with van der Waals surface area (Å²) in [5.74, 6) is 0. The van der Waals surface area contributed by atoms with Gasteiger partial charge in [-0.3, -0.25) is 0 Å². The van der Waals surface area contributed by atoms with Crippen molar-refractivity contribution in [1.82, 2.24) is 10.2 Å². The lowest BCUT2D eigenvalue weighted by Crippen LogP contribution is -2.51. The molecule has 1 saturated heterocycles. The Kier molecular flexibility index (Phi) is 3.23. The van der Waals surface area contributed by atoms with E-state index in [1.54, 1.807) is 0 Å². The number of hydrogen-bond donors (Lipinski definition) is 1. The minimum absolute atomic E-state index is 0.395. The number of urea groups is 1. The van der Waals surface area contributed by atoms with Crippen LogP contribution in [0.15, 0.2) is 0 Å². The Morgan fingerprint density at radius 3 is 2.71 bits per heavy atom. The van der Waals surface area contributed by atoms with Gasteiger partial charge in [-0.15, -0.1) is 0 Å². The molecule has 3 nitrogen and oxygen atoms in total. The first kappa shape index (κ1) is 11.1. The molecule has 0 radical (unpaired) electrons. The Balaban J connectivity index is 2.50. The largest absolute Gasteiger partial charge is 0.391 e. The van der Waals surface area contributed by atoms with Gasteiger partial charge < -0.3 is 10.2 Å². The number of hydrogen-bond acceptors (Lipinski definition) is 1. The molecule has 1 N–H and O–H groups in total. The van der Waals surface area contributed by atoms with Crippen LogP contribution < -0.4 is 5.32 Å². The molecule has 82 valence electrons. The van der Waals surface area contributed by atoms with Gasteiger partial charge in [0, 0.05) is 19.1 Å². The summed E-state index contributed by atoms with van der Waals surface area (Å²) in [5.41, 5.74) is 0. The zero-order chi connectivity index (χ0) is 10.8. The van der Waals surface area contributed by atoms with Crippen LogP contribution in [-0.2, 0) is 0 Å². The van der Waals surface area contributed by atoms with Crippen molar-refractivity contribution in [2.45, 2.75) is 32.0 Å². The molecule has 1 unspecified atom stereocenters. The number of nitrogens with zero attached hydrogens (tertiary/aromatic N) is 1. The molecule has 1 heterocycles. The summed E-state index contributed by atoms with van der Waals surface area (Å²) in [4.78, 5) is 12.4. The number of alkyl halides is 3. The van der Waals surface area contributed by atoms with E-state index in [-0.39, 0.29) is 0 Å². The highest BCUT2D eigenvalue weighted by Gasteiger charge is 2.34. The Hall–Kier alpha value is -0.940. The van der Waals surface area contributed by atoms with Gasteiger partial charge in [0.15, 0.2) is 0 Å². The van der Waals surface area contributed by atoms with Crippen LogP contribution >= 0.6 is 0 Å². The molecular weight excluding hydrogens is 197 g/mol. The highest BCUT2D eigenvalue weighted by atomic mass is 19.4. The summed E-state index contributed by atoms with van der Waals surface area (Å²) in [6, 6.07) is -1.18. The van der Waals surface area contributed by atoms with E-state index in [9.17, 15) is 18.0 Å². The van der Waals surface area contributed by atoms with Gasteiger partial charge >= 0.3 is 12.2 Å². The van der Waals surface area contributed by atoms with Crippen molar-refractivity contribution in [2.75, 3.05) is 13.1 Å². The van der Waals surface area contributed by atoms with Crippen LogP contribution in [0.4, 0.5) is 18.0 Å². The molecule has 6 heteroatoms. The highest BCUT2D eigenvalue weighted by Crippen LogP contribution is 2.24. The van der Waals surface area contributed by atoms with Crippen molar-refractivity contribution in [3.63, 3.8) is 0 Å². The molecule has 2 amide bonds. The number of halogens is 3. The number of carbonyl (C=O) groups excluding carboxylic acids is 1. The molecule has 0 aromatic rings. The molecule has 0 bridgehead atoms. The molecule has 14 heavy (non-hydrogen) atoms. The van der Waals surface area contributed by atoms with Gasteiger partial charge in [-0.05, 0) is 13.3 Å². The molecule has 1 rings (SSSR count). The van der Waals surface area contributed by atoms with Gasteiger partial charge in [0.2, 0.25) is 0 Å². The van der Waals surface area contributed by atoms with Gasteiger partial charge in [-0.1, -0.05) is 0 Å². The fourth-order valence-electron chi connectivity index (χ4n) is 1.51. The monoisotopic (exact) mass is 210 g/mol. The van der Waals surface area contributed by atoms with Crippen LogP contribution in [0, 0.1) is 0 Å². The first-order valence-electron chi connectivity index (χ1n) is 4.51. The average molecular weight is 210 g/mol. The minimum atomic E-state index is -4.21. The van der Waals surface area contributed by atoms with Crippen LogP contribution in [0.2, 0.25) is 0 Å². The smallest absolute Gasteiger partial charge is 0.338 e. The molecule has 1 fully saturated rings. The van der Waals surface area contributed by atoms with Gasteiger partial charge in [0.25, 0.3) is 0 Å². The van der Waals surface area contributed by atoms with Crippen molar-refractivity contribution in [3.05, 3.63) is 0 Å². The second kappa shape index (κ2) is 4.06. The molecule has 0 aromatic carbocycles. The van der Waals surface area contributed by atoms with E-state index in [0.717, 1.165) is 0 Å². The number of amides is 2. The molecule has 1 aliphatic heterocycles. The molecule has 0 spiro atoms. The maximum Gasteiger partial charge on any atom is 0.391 e. The fraction of sp³-hybridized carbons (Fsp3) is 0.875. The normalized spacial score (nSPS) is 20.6. The zero-order valence-electron chi connectivity index (χ0n) is 7.90. The van der Waals surface area contributed by atoms with E-state index in [1.165, 1.54) is 11.8 Å². The molecule has 1 atom stereocenters. The third-order valence-corrected chi connectivity index (χ3v) is 2.17. The maximum absolute atomic E-state index is 12.0. The van der Waals surface area contributed by atoms with E-state index >= 15 is 0 Å². The number of rotatable bonds is 2. The third kappa shape index (κ3) is 3.08. The molecular formula is C8H13F3N2O. The van der Waals surface area contributed by atoms with Crippen molar-refractivity contribution < 1.29 is 18.0 Å². The van der Waals surface area contributed by atoms with Gasteiger partial charge in [0.1, 0.15) is 0 Å². The zero-order valence-corrected chi connectivity index (χ0v) is 7.90. The Morgan fingerprint density at radius 1 is 1.57 bits per heavy atom. The lowest BCUT2D eigenvalue weighted by molar-refractivity contribution is -0.144. The van der Waals surface area contributed by atoms with Gasteiger partial charge in [-0.25, -0.2) is 4.79 Å². The summed E-state index contributed by atoms with van der Waals surface area (Å²) in [5, 5.41) is 2.52. The molecule has 0 aromatic heterocycles. The maximum atomic E-state index is 12.0. The van der Waals surface area contributed by atoms with Crippen LogP contribution in [0.25, 0.3) is 0 Å². The summed E-state index contributed by atoms with van der Waals surface area (Å²) in [6.07, 6.45) is -4.45.